The van der Waals surface area contributed by atoms with E-state index in [9.17, 15) is 22.7 Å². The molecule has 1 amide bonds. The molecule has 1 heterocycles. The number of aliphatic hydroxyl groups excluding tert-OH is 1. The zero-order valence-corrected chi connectivity index (χ0v) is 18.5. The largest absolute Gasteiger partial charge is 0.497 e. The molecule has 1 fully saturated rings. The number of halogens is 1. The molecule has 10 heteroatoms. The highest BCUT2D eigenvalue weighted by molar-refractivity contribution is 7.89. The van der Waals surface area contributed by atoms with Crippen LogP contribution in [0.15, 0.2) is 53.4 Å². The molecule has 0 spiro atoms. The maximum atomic E-state index is 13.7. The van der Waals surface area contributed by atoms with E-state index >= 15 is 0 Å². The third-order valence-corrected chi connectivity index (χ3v) is 6.82. The normalized spacial score (nSPS) is 21.2. The summed E-state index contributed by atoms with van der Waals surface area (Å²) in [5.41, 5.74) is 0.381. The molecule has 3 rings (SSSR count). The Kier molecular flexibility index (Phi) is 8.19. The Morgan fingerprint density at radius 1 is 1.19 bits per heavy atom. The predicted molar refractivity (Wildman–Crippen MR) is 115 cm³/mol. The van der Waals surface area contributed by atoms with Crippen molar-refractivity contribution in [3.05, 3.63) is 59.9 Å². The van der Waals surface area contributed by atoms with E-state index in [0.29, 0.717) is 24.2 Å². The SMILES string of the molecule is COc1ccc(S(=O)(=O)N[C@H]2CC[C@H](CC(=O)NCc3ccccc3F)O[C@H]2CO)cc1. The lowest BCUT2D eigenvalue weighted by molar-refractivity contribution is -0.130. The Balaban J connectivity index is 1.53. The fourth-order valence-electron chi connectivity index (χ4n) is 3.55. The number of nitrogens with one attached hydrogen (secondary N) is 2. The first-order valence-corrected chi connectivity index (χ1v) is 11.7. The summed E-state index contributed by atoms with van der Waals surface area (Å²) in [6.07, 6.45) is -0.413. The fourth-order valence-corrected chi connectivity index (χ4v) is 4.85. The number of carbonyl (C=O) groups excluding carboxylic acids is 1. The van der Waals surface area contributed by atoms with Crippen LogP contribution in [0.1, 0.15) is 24.8 Å². The Hall–Kier alpha value is -2.53. The number of rotatable bonds is 9. The van der Waals surface area contributed by atoms with Gasteiger partial charge in [0, 0.05) is 12.1 Å². The lowest BCUT2D eigenvalue weighted by Gasteiger charge is -2.35. The molecule has 1 saturated heterocycles. The van der Waals surface area contributed by atoms with Gasteiger partial charge in [-0.15, -0.1) is 0 Å². The van der Waals surface area contributed by atoms with Crippen LogP contribution in [0.25, 0.3) is 0 Å². The molecule has 2 aromatic carbocycles. The van der Waals surface area contributed by atoms with Crippen LogP contribution in [0, 0.1) is 5.82 Å². The molecule has 3 N–H and O–H groups in total. The third-order valence-electron chi connectivity index (χ3n) is 5.32. The standard InChI is InChI=1S/C22H27FN2O6S/c1-30-16-6-9-18(10-7-16)32(28,29)25-20-11-8-17(31-21(20)14-26)12-22(27)24-13-15-4-2-3-5-19(15)23/h2-7,9-10,17,20-21,25-26H,8,11-14H2,1H3,(H,24,27)/t17-,20+,21+/m1/s1. The second-order valence-corrected chi connectivity index (χ2v) is 9.25. The summed E-state index contributed by atoms with van der Waals surface area (Å²) in [5.74, 6) is -0.171. The Morgan fingerprint density at radius 2 is 1.91 bits per heavy atom. The highest BCUT2D eigenvalue weighted by atomic mass is 32.2. The van der Waals surface area contributed by atoms with Crippen molar-refractivity contribution in [2.24, 2.45) is 0 Å². The molecule has 2 aromatic rings. The minimum atomic E-state index is -3.82. The van der Waals surface area contributed by atoms with E-state index in [1.54, 1.807) is 30.3 Å². The number of ether oxygens (including phenoxy) is 2. The van der Waals surface area contributed by atoms with Crippen LogP contribution in [0.3, 0.4) is 0 Å². The quantitative estimate of drug-likeness (QED) is 0.519. The molecule has 0 radical (unpaired) electrons. The van der Waals surface area contributed by atoms with Crippen LogP contribution in [0.4, 0.5) is 4.39 Å². The Bertz CT molecular complexity index is 1020. The Morgan fingerprint density at radius 3 is 2.56 bits per heavy atom. The number of hydrogen-bond donors (Lipinski definition) is 3. The number of sulfonamides is 1. The summed E-state index contributed by atoms with van der Waals surface area (Å²) >= 11 is 0. The summed E-state index contributed by atoms with van der Waals surface area (Å²) < 4.78 is 52.4. The Labute approximate surface area is 186 Å². The fraction of sp³-hybridized carbons (Fsp3) is 0.409. The molecule has 1 aliphatic rings. The smallest absolute Gasteiger partial charge is 0.240 e. The number of methoxy groups -OCH3 is 1. The van der Waals surface area contributed by atoms with Crippen molar-refractivity contribution in [1.29, 1.82) is 0 Å². The summed E-state index contributed by atoms with van der Waals surface area (Å²) in [6.45, 7) is -0.338. The van der Waals surface area contributed by atoms with Gasteiger partial charge in [-0.1, -0.05) is 18.2 Å². The molecular weight excluding hydrogens is 439 g/mol. The maximum Gasteiger partial charge on any atom is 0.240 e. The van der Waals surface area contributed by atoms with Crippen LogP contribution in [-0.2, 0) is 26.1 Å². The van der Waals surface area contributed by atoms with Gasteiger partial charge in [0.15, 0.2) is 0 Å². The van der Waals surface area contributed by atoms with Crippen molar-refractivity contribution in [2.75, 3.05) is 13.7 Å². The van der Waals surface area contributed by atoms with E-state index in [-0.39, 0.29) is 23.8 Å². The van der Waals surface area contributed by atoms with Gasteiger partial charge in [-0.05, 0) is 43.2 Å². The summed E-state index contributed by atoms with van der Waals surface area (Å²) in [6, 6.07) is 11.5. The molecule has 0 aliphatic carbocycles. The number of hydrogen-bond acceptors (Lipinski definition) is 6. The van der Waals surface area contributed by atoms with Gasteiger partial charge in [-0.3, -0.25) is 4.79 Å². The van der Waals surface area contributed by atoms with Gasteiger partial charge in [-0.2, -0.15) is 0 Å². The molecule has 8 nitrogen and oxygen atoms in total. The average Bonchev–Trinajstić information content (AvgIpc) is 2.79. The second kappa shape index (κ2) is 10.9. The van der Waals surface area contributed by atoms with Gasteiger partial charge in [0.05, 0.1) is 43.3 Å². The van der Waals surface area contributed by atoms with E-state index < -0.39 is 40.7 Å². The molecule has 174 valence electrons. The van der Waals surface area contributed by atoms with Crippen LogP contribution in [-0.4, -0.2) is 51.4 Å². The monoisotopic (exact) mass is 466 g/mol. The van der Waals surface area contributed by atoms with E-state index in [1.807, 2.05) is 0 Å². The molecule has 0 unspecified atom stereocenters. The van der Waals surface area contributed by atoms with Gasteiger partial charge in [0.1, 0.15) is 11.6 Å². The van der Waals surface area contributed by atoms with Gasteiger partial charge in [0.2, 0.25) is 15.9 Å². The summed E-state index contributed by atoms with van der Waals surface area (Å²) in [5, 5.41) is 12.4. The molecule has 1 aliphatic heterocycles. The van der Waals surface area contributed by atoms with Crippen molar-refractivity contribution in [1.82, 2.24) is 10.0 Å². The van der Waals surface area contributed by atoms with Crippen molar-refractivity contribution in [3.63, 3.8) is 0 Å². The number of amides is 1. The number of carbonyl (C=O) groups is 1. The minimum Gasteiger partial charge on any atom is -0.497 e. The van der Waals surface area contributed by atoms with Gasteiger partial charge >= 0.3 is 0 Å². The second-order valence-electron chi connectivity index (χ2n) is 7.53. The van der Waals surface area contributed by atoms with Crippen molar-refractivity contribution in [2.45, 2.75) is 49.0 Å². The van der Waals surface area contributed by atoms with E-state index in [1.165, 1.54) is 25.3 Å². The van der Waals surface area contributed by atoms with Crippen LogP contribution >= 0.6 is 0 Å². The van der Waals surface area contributed by atoms with Crippen molar-refractivity contribution in [3.8, 4) is 5.75 Å². The van der Waals surface area contributed by atoms with Gasteiger partial charge in [-0.25, -0.2) is 17.5 Å². The topological polar surface area (TPSA) is 114 Å². The zero-order valence-electron chi connectivity index (χ0n) is 17.7. The van der Waals surface area contributed by atoms with Crippen molar-refractivity contribution >= 4 is 15.9 Å². The van der Waals surface area contributed by atoms with Crippen LogP contribution in [0.5, 0.6) is 5.75 Å². The molecule has 0 saturated carbocycles. The first kappa shape index (κ1) is 24.1. The van der Waals surface area contributed by atoms with Crippen LogP contribution in [0.2, 0.25) is 0 Å². The summed E-state index contributed by atoms with van der Waals surface area (Å²) in [4.78, 5) is 12.3. The first-order chi connectivity index (χ1) is 15.3. The highest BCUT2D eigenvalue weighted by Crippen LogP contribution is 2.24. The molecule has 3 atom stereocenters. The summed E-state index contributed by atoms with van der Waals surface area (Å²) in [7, 11) is -2.33. The number of aliphatic hydroxyl groups is 1. The van der Waals surface area contributed by atoms with Gasteiger partial charge in [0.25, 0.3) is 0 Å². The molecule has 0 aromatic heterocycles. The van der Waals surface area contributed by atoms with Crippen LogP contribution < -0.4 is 14.8 Å². The predicted octanol–water partition coefficient (Wildman–Crippen LogP) is 1.73. The lowest BCUT2D eigenvalue weighted by Crippen LogP contribution is -2.51. The lowest BCUT2D eigenvalue weighted by atomic mass is 9.98. The van der Waals surface area contributed by atoms with E-state index in [0.717, 1.165) is 0 Å². The van der Waals surface area contributed by atoms with Crippen molar-refractivity contribution < 1.29 is 32.2 Å². The third kappa shape index (κ3) is 6.26. The molecular formula is C22H27FN2O6S. The highest BCUT2D eigenvalue weighted by Gasteiger charge is 2.34. The minimum absolute atomic E-state index is 0.0307. The zero-order chi connectivity index (χ0) is 23.1. The maximum absolute atomic E-state index is 13.7. The number of benzene rings is 2. The van der Waals surface area contributed by atoms with Gasteiger partial charge < -0.3 is 19.9 Å². The molecule has 32 heavy (non-hydrogen) atoms. The first-order valence-electron chi connectivity index (χ1n) is 10.2. The average molecular weight is 467 g/mol. The van der Waals surface area contributed by atoms with E-state index in [2.05, 4.69) is 10.0 Å². The molecule has 0 bridgehead atoms. The van der Waals surface area contributed by atoms with E-state index in [4.69, 9.17) is 9.47 Å².